The molecule has 44 heavy (non-hydrogen) atoms. The Morgan fingerprint density at radius 1 is 0.773 bits per heavy atom. The molecule has 0 aromatic heterocycles. The van der Waals surface area contributed by atoms with Gasteiger partial charge in [-0.1, -0.05) is 122 Å². The lowest BCUT2D eigenvalue weighted by atomic mass is 9.90. The maximum absolute atomic E-state index is 14.1. The Morgan fingerprint density at radius 3 is 1.93 bits per heavy atom. The summed E-state index contributed by atoms with van der Waals surface area (Å²) in [5.74, 6) is -1.00. The van der Waals surface area contributed by atoms with Crippen LogP contribution < -0.4 is 0 Å². The van der Waals surface area contributed by atoms with E-state index in [0.717, 1.165) is 30.5 Å². The fourth-order valence-electron chi connectivity index (χ4n) is 6.22. The Labute approximate surface area is 264 Å². The van der Waals surface area contributed by atoms with Crippen molar-refractivity contribution in [3.63, 3.8) is 0 Å². The van der Waals surface area contributed by atoms with E-state index >= 15 is 0 Å². The van der Waals surface area contributed by atoms with Crippen LogP contribution in [-0.4, -0.2) is 22.0 Å². The highest BCUT2D eigenvalue weighted by molar-refractivity contribution is 5.74. The molecule has 0 fully saturated rings. The van der Waals surface area contributed by atoms with E-state index in [9.17, 15) is 9.90 Å². The molecule has 4 heteroatoms. The summed E-state index contributed by atoms with van der Waals surface area (Å²) in [6.07, 6.45) is 0.883. The Morgan fingerprint density at radius 2 is 1.34 bits per heavy atom. The smallest absolute Gasteiger partial charge is 0.312 e. The second kappa shape index (κ2) is 15.8. The molecule has 0 spiro atoms. The summed E-state index contributed by atoms with van der Waals surface area (Å²) in [5, 5.41) is 11.4. The zero-order chi connectivity index (χ0) is 31.6. The monoisotopic (exact) mass is 591 g/mol. The molecule has 4 aromatic carbocycles. The standard InChI is InChI=1S/C40H49NO3/c1-7-8-23-36(38(42)33-18-11-9-12-19-33)40(43)44-39(34-20-13-10-14-21-34)32(6)41(26-35-22-16-15-17-29(35)3)27-37-30(4)24-28(2)25-31(37)5/h9-22,24-25,32,36,38-39,42H,7-8,23,26-27H2,1-6H3/t32-,36-,38-,39-/m0/s1. The third-order valence-corrected chi connectivity index (χ3v) is 8.92. The summed E-state index contributed by atoms with van der Waals surface area (Å²) in [6, 6.07) is 32.4. The third kappa shape index (κ3) is 8.46. The highest BCUT2D eigenvalue weighted by Gasteiger charge is 2.35. The van der Waals surface area contributed by atoms with Gasteiger partial charge in [0.1, 0.15) is 6.10 Å². The second-order valence-corrected chi connectivity index (χ2v) is 12.3. The van der Waals surface area contributed by atoms with Gasteiger partial charge in [-0.15, -0.1) is 0 Å². The van der Waals surface area contributed by atoms with E-state index in [1.54, 1.807) is 0 Å². The predicted octanol–water partition coefficient (Wildman–Crippen LogP) is 9.14. The maximum Gasteiger partial charge on any atom is 0.312 e. The minimum Gasteiger partial charge on any atom is -0.456 e. The molecule has 4 aromatic rings. The van der Waals surface area contributed by atoms with Gasteiger partial charge in [0, 0.05) is 19.1 Å². The summed E-state index contributed by atoms with van der Waals surface area (Å²) >= 11 is 0. The van der Waals surface area contributed by atoms with Crippen LogP contribution in [-0.2, 0) is 22.6 Å². The van der Waals surface area contributed by atoms with Crippen LogP contribution in [0.1, 0.15) is 89.8 Å². The topological polar surface area (TPSA) is 49.8 Å². The molecule has 0 bridgehead atoms. The van der Waals surface area contributed by atoms with E-state index in [-0.39, 0.29) is 12.0 Å². The van der Waals surface area contributed by atoms with Crippen LogP contribution in [0.3, 0.4) is 0 Å². The first-order valence-electron chi connectivity index (χ1n) is 16.0. The molecule has 0 unspecified atom stereocenters. The molecule has 0 heterocycles. The molecule has 0 saturated heterocycles. The molecule has 232 valence electrons. The van der Waals surface area contributed by atoms with E-state index < -0.39 is 18.1 Å². The second-order valence-electron chi connectivity index (χ2n) is 12.3. The Bertz CT molecular complexity index is 1460. The van der Waals surface area contributed by atoms with Crippen LogP contribution in [0.25, 0.3) is 0 Å². The first-order valence-corrected chi connectivity index (χ1v) is 16.0. The van der Waals surface area contributed by atoms with Crippen molar-refractivity contribution in [3.05, 3.63) is 142 Å². The van der Waals surface area contributed by atoms with E-state index in [0.29, 0.717) is 13.0 Å². The van der Waals surface area contributed by atoms with Crippen LogP contribution >= 0.6 is 0 Å². The quantitative estimate of drug-likeness (QED) is 0.149. The van der Waals surface area contributed by atoms with Gasteiger partial charge in [0.25, 0.3) is 0 Å². The van der Waals surface area contributed by atoms with Crippen molar-refractivity contribution in [1.82, 2.24) is 4.90 Å². The normalized spacial score (nSPS) is 14.2. The van der Waals surface area contributed by atoms with E-state index in [2.05, 4.69) is 82.8 Å². The molecule has 0 amide bonds. The van der Waals surface area contributed by atoms with Crippen molar-refractivity contribution in [2.75, 3.05) is 0 Å². The number of aryl methyl sites for hydroxylation is 4. The van der Waals surface area contributed by atoms with Gasteiger partial charge in [0.2, 0.25) is 0 Å². The number of nitrogens with zero attached hydrogens (tertiary/aromatic N) is 1. The molecular formula is C40H49NO3. The molecular weight excluding hydrogens is 542 g/mol. The average molecular weight is 592 g/mol. The molecule has 0 radical (unpaired) electrons. The summed E-state index contributed by atoms with van der Waals surface area (Å²) in [4.78, 5) is 16.5. The summed E-state index contributed by atoms with van der Waals surface area (Å²) < 4.78 is 6.53. The number of hydrogen-bond acceptors (Lipinski definition) is 4. The highest BCUT2D eigenvalue weighted by Crippen LogP contribution is 2.34. The Kier molecular flexibility index (Phi) is 11.9. The van der Waals surface area contributed by atoms with E-state index in [1.165, 1.54) is 33.4 Å². The molecule has 4 rings (SSSR count). The fourth-order valence-corrected chi connectivity index (χ4v) is 6.22. The van der Waals surface area contributed by atoms with Gasteiger partial charge in [-0.2, -0.15) is 0 Å². The lowest BCUT2D eigenvalue weighted by Gasteiger charge is -2.36. The van der Waals surface area contributed by atoms with Crippen LogP contribution in [0.4, 0.5) is 0 Å². The molecule has 0 aliphatic carbocycles. The Hall–Kier alpha value is -3.73. The van der Waals surface area contributed by atoms with Crippen LogP contribution in [0, 0.1) is 33.6 Å². The maximum atomic E-state index is 14.1. The first kappa shape index (κ1) is 33.2. The SMILES string of the molecule is CCCC[C@H](C(=O)O[C@H](c1ccccc1)[C@H](C)N(Cc1ccccc1C)Cc1c(C)cc(C)cc1C)[C@@H](O)c1ccccc1. The average Bonchev–Trinajstić information content (AvgIpc) is 3.02. The Balaban J connectivity index is 1.72. The number of carbonyl (C=O) groups is 1. The van der Waals surface area contributed by atoms with Gasteiger partial charge in [0.05, 0.1) is 12.0 Å². The zero-order valence-electron chi connectivity index (χ0n) is 27.3. The molecule has 0 saturated carbocycles. The fraction of sp³-hybridized carbons (Fsp3) is 0.375. The van der Waals surface area contributed by atoms with Crippen LogP contribution in [0.15, 0.2) is 97.1 Å². The van der Waals surface area contributed by atoms with Crippen LogP contribution in [0.5, 0.6) is 0 Å². The lowest BCUT2D eigenvalue weighted by Crippen LogP contribution is -2.40. The predicted molar refractivity (Wildman–Crippen MR) is 180 cm³/mol. The first-order chi connectivity index (χ1) is 21.2. The van der Waals surface area contributed by atoms with Gasteiger partial charge in [-0.25, -0.2) is 0 Å². The van der Waals surface area contributed by atoms with Gasteiger partial charge < -0.3 is 9.84 Å². The number of hydrogen-bond donors (Lipinski definition) is 1. The van der Waals surface area contributed by atoms with Crippen molar-refractivity contribution in [2.45, 2.75) is 92.1 Å². The summed E-state index contributed by atoms with van der Waals surface area (Å²) in [6.45, 7) is 14.4. The minimum absolute atomic E-state index is 0.151. The number of rotatable bonds is 14. The third-order valence-electron chi connectivity index (χ3n) is 8.92. The number of aliphatic hydroxyl groups is 1. The van der Waals surface area contributed by atoms with Gasteiger partial charge in [-0.05, 0) is 80.0 Å². The number of esters is 1. The molecule has 4 nitrogen and oxygen atoms in total. The molecule has 0 aliphatic rings. The molecule has 1 N–H and O–H groups in total. The van der Waals surface area contributed by atoms with Gasteiger partial charge >= 0.3 is 5.97 Å². The van der Waals surface area contributed by atoms with Gasteiger partial charge in [0.15, 0.2) is 0 Å². The lowest BCUT2D eigenvalue weighted by molar-refractivity contribution is -0.163. The van der Waals surface area contributed by atoms with Crippen molar-refractivity contribution >= 4 is 5.97 Å². The van der Waals surface area contributed by atoms with E-state index in [4.69, 9.17) is 4.74 Å². The number of unbranched alkanes of at least 4 members (excludes halogenated alkanes) is 1. The van der Waals surface area contributed by atoms with Crippen LogP contribution in [0.2, 0.25) is 0 Å². The van der Waals surface area contributed by atoms with Crippen molar-refractivity contribution in [1.29, 1.82) is 0 Å². The van der Waals surface area contributed by atoms with Crippen molar-refractivity contribution < 1.29 is 14.6 Å². The largest absolute Gasteiger partial charge is 0.456 e. The summed E-state index contributed by atoms with van der Waals surface area (Å²) in [7, 11) is 0. The highest BCUT2D eigenvalue weighted by atomic mass is 16.5. The van der Waals surface area contributed by atoms with Crippen molar-refractivity contribution in [3.8, 4) is 0 Å². The number of ether oxygens (including phenoxy) is 1. The molecule has 0 aliphatic heterocycles. The van der Waals surface area contributed by atoms with Gasteiger partial charge in [-0.3, -0.25) is 9.69 Å². The zero-order valence-corrected chi connectivity index (χ0v) is 27.3. The molecule has 4 atom stereocenters. The number of aliphatic hydroxyl groups excluding tert-OH is 1. The van der Waals surface area contributed by atoms with Crippen molar-refractivity contribution in [2.24, 2.45) is 5.92 Å². The van der Waals surface area contributed by atoms with E-state index in [1.807, 2.05) is 60.7 Å². The number of benzene rings is 4. The summed E-state index contributed by atoms with van der Waals surface area (Å²) in [5.41, 5.74) is 9.26. The number of carbonyl (C=O) groups excluding carboxylic acids is 1. The minimum atomic E-state index is -0.928.